The van der Waals surface area contributed by atoms with Crippen molar-refractivity contribution >= 4 is 6.29 Å². The molecule has 0 aliphatic carbocycles. The van der Waals surface area contributed by atoms with Crippen molar-refractivity contribution in [1.82, 2.24) is 4.90 Å². The van der Waals surface area contributed by atoms with Gasteiger partial charge in [0.15, 0.2) is 0 Å². The Bertz CT molecular complexity index is 347. The Morgan fingerprint density at radius 3 is 2.53 bits per heavy atom. The highest BCUT2D eigenvalue weighted by molar-refractivity contribution is 5.75. The largest absolute Gasteiger partial charge is 0.496 e. The molecule has 0 spiro atoms. The van der Waals surface area contributed by atoms with E-state index >= 15 is 0 Å². The summed E-state index contributed by atoms with van der Waals surface area (Å²) in [5, 5.41) is 0. The molecule has 0 radical (unpaired) electrons. The first-order valence-electron chi connectivity index (χ1n) is 4.89. The average Bonchev–Trinajstić information content (AvgIpc) is 2.27. The predicted molar refractivity (Wildman–Crippen MR) is 60.5 cm³/mol. The van der Waals surface area contributed by atoms with Crippen LogP contribution in [-0.2, 0) is 0 Å². The maximum Gasteiger partial charge on any atom is 0.150 e. The molecule has 0 heterocycles. The molecule has 1 rings (SSSR count). The van der Waals surface area contributed by atoms with Gasteiger partial charge in [-0.25, -0.2) is 0 Å². The van der Waals surface area contributed by atoms with Crippen LogP contribution in [-0.4, -0.2) is 32.4 Å². The highest BCUT2D eigenvalue weighted by Gasteiger charge is 2.13. The minimum atomic E-state index is 0.222. The highest BCUT2D eigenvalue weighted by atomic mass is 16.5. The zero-order chi connectivity index (χ0) is 11.4. The lowest BCUT2D eigenvalue weighted by molar-refractivity contribution is 0.112. The summed E-state index contributed by atoms with van der Waals surface area (Å²) in [6.07, 6.45) is 0.852. The second kappa shape index (κ2) is 4.94. The summed E-state index contributed by atoms with van der Waals surface area (Å²) < 4.78 is 5.27. The average molecular weight is 207 g/mol. The lowest BCUT2D eigenvalue weighted by Gasteiger charge is -2.22. The van der Waals surface area contributed by atoms with E-state index in [1.807, 2.05) is 26.2 Å². The topological polar surface area (TPSA) is 29.5 Å². The molecule has 3 nitrogen and oxygen atoms in total. The monoisotopic (exact) mass is 207 g/mol. The number of methoxy groups -OCH3 is 1. The third-order valence-electron chi connectivity index (χ3n) is 2.61. The van der Waals surface area contributed by atoms with Crippen LogP contribution >= 0.6 is 0 Å². The molecule has 82 valence electrons. The second-order valence-corrected chi connectivity index (χ2v) is 3.76. The SMILES string of the molecule is COc1ccc(C=O)cc1C(C)N(C)C. The molecule has 0 aliphatic heterocycles. The molecule has 0 saturated carbocycles. The van der Waals surface area contributed by atoms with E-state index in [0.717, 1.165) is 17.6 Å². The number of benzene rings is 1. The van der Waals surface area contributed by atoms with Gasteiger partial charge in [0, 0.05) is 17.2 Å². The molecule has 1 aromatic rings. The van der Waals surface area contributed by atoms with Crippen molar-refractivity contribution in [2.45, 2.75) is 13.0 Å². The zero-order valence-electron chi connectivity index (χ0n) is 9.65. The van der Waals surface area contributed by atoms with Gasteiger partial charge in [0.2, 0.25) is 0 Å². The predicted octanol–water partition coefficient (Wildman–Crippen LogP) is 2.13. The van der Waals surface area contributed by atoms with Gasteiger partial charge >= 0.3 is 0 Å². The zero-order valence-corrected chi connectivity index (χ0v) is 9.65. The lowest BCUT2D eigenvalue weighted by Crippen LogP contribution is -2.17. The van der Waals surface area contributed by atoms with Crippen LogP contribution in [0.5, 0.6) is 5.75 Å². The summed E-state index contributed by atoms with van der Waals surface area (Å²) in [7, 11) is 5.64. The summed E-state index contributed by atoms with van der Waals surface area (Å²) in [5.41, 5.74) is 1.71. The van der Waals surface area contributed by atoms with Crippen LogP contribution in [0, 0.1) is 0 Å². The fraction of sp³-hybridized carbons (Fsp3) is 0.417. The number of ether oxygens (including phenoxy) is 1. The number of aldehydes is 1. The summed E-state index contributed by atoms with van der Waals surface area (Å²) in [6, 6.07) is 5.69. The number of hydrogen-bond acceptors (Lipinski definition) is 3. The fourth-order valence-electron chi connectivity index (χ4n) is 1.43. The maximum absolute atomic E-state index is 10.7. The summed E-state index contributed by atoms with van der Waals surface area (Å²) in [6.45, 7) is 2.08. The van der Waals surface area contributed by atoms with E-state index < -0.39 is 0 Å². The summed E-state index contributed by atoms with van der Waals surface area (Å²) in [4.78, 5) is 12.8. The number of hydrogen-bond donors (Lipinski definition) is 0. The van der Waals surface area contributed by atoms with E-state index in [2.05, 4.69) is 11.8 Å². The van der Waals surface area contributed by atoms with Crippen LogP contribution < -0.4 is 4.74 Å². The van der Waals surface area contributed by atoms with Gasteiger partial charge < -0.3 is 9.64 Å². The van der Waals surface area contributed by atoms with E-state index in [1.165, 1.54) is 0 Å². The van der Waals surface area contributed by atoms with Gasteiger partial charge in [0.05, 0.1) is 7.11 Å². The van der Waals surface area contributed by atoms with E-state index in [0.29, 0.717) is 5.56 Å². The molecule has 0 N–H and O–H groups in total. The van der Waals surface area contributed by atoms with Crippen molar-refractivity contribution in [2.75, 3.05) is 21.2 Å². The Hall–Kier alpha value is -1.35. The molecule has 3 heteroatoms. The Morgan fingerprint density at radius 1 is 1.40 bits per heavy atom. The van der Waals surface area contributed by atoms with Crippen molar-refractivity contribution < 1.29 is 9.53 Å². The normalized spacial score (nSPS) is 12.6. The van der Waals surface area contributed by atoms with Crippen molar-refractivity contribution in [3.05, 3.63) is 29.3 Å². The molecule has 0 saturated heterocycles. The molecule has 0 bridgehead atoms. The van der Waals surface area contributed by atoms with Crippen LogP contribution in [0.15, 0.2) is 18.2 Å². The number of rotatable bonds is 4. The van der Waals surface area contributed by atoms with Gasteiger partial charge in [-0.1, -0.05) is 0 Å². The van der Waals surface area contributed by atoms with Crippen molar-refractivity contribution in [3.8, 4) is 5.75 Å². The van der Waals surface area contributed by atoms with E-state index in [9.17, 15) is 4.79 Å². The van der Waals surface area contributed by atoms with Gasteiger partial charge in [-0.15, -0.1) is 0 Å². The third-order valence-corrected chi connectivity index (χ3v) is 2.61. The van der Waals surface area contributed by atoms with Crippen molar-refractivity contribution in [3.63, 3.8) is 0 Å². The van der Waals surface area contributed by atoms with Crippen LogP contribution in [0.25, 0.3) is 0 Å². The Kier molecular flexibility index (Phi) is 3.86. The first-order chi connectivity index (χ1) is 7.10. The Labute approximate surface area is 90.7 Å². The maximum atomic E-state index is 10.7. The Morgan fingerprint density at radius 2 is 2.07 bits per heavy atom. The molecule has 0 fully saturated rings. The minimum absolute atomic E-state index is 0.222. The van der Waals surface area contributed by atoms with Gasteiger partial charge in [-0.2, -0.15) is 0 Å². The summed E-state index contributed by atoms with van der Waals surface area (Å²) in [5.74, 6) is 0.821. The first-order valence-corrected chi connectivity index (χ1v) is 4.89. The molecule has 0 amide bonds. The van der Waals surface area contributed by atoms with Gasteiger partial charge in [0.1, 0.15) is 12.0 Å². The summed E-state index contributed by atoms with van der Waals surface area (Å²) >= 11 is 0. The van der Waals surface area contributed by atoms with Crippen molar-refractivity contribution in [2.24, 2.45) is 0 Å². The van der Waals surface area contributed by atoms with Gasteiger partial charge in [-0.05, 0) is 39.2 Å². The van der Waals surface area contributed by atoms with Crippen LogP contribution in [0.3, 0.4) is 0 Å². The third kappa shape index (κ3) is 2.57. The second-order valence-electron chi connectivity index (χ2n) is 3.76. The fourth-order valence-corrected chi connectivity index (χ4v) is 1.43. The van der Waals surface area contributed by atoms with E-state index in [-0.39, 0.29) is 6.04 Å². The molecule has 1 aromatic carbocycles. The molecular formula is C12H17NO2. The van der Waals surface area contributed by atoms with Gasteiger partial charge in [0.25, 0.3) is 0 Å². The van der Waals surface area contributed by atoms with Gasteiger partial charge in [-0.3, -0.25) is 4.79 Å². The lowest BCUT2D eigenvalue weighted by atomic mass is 10.0. The number of carbonyl (C=O) groups excluding carboxylic acids is 1. The minimum Gasteiger partial charge on any atom is -0.496 e. The molecule has 15 heavy (non-hydrogen) atoms. The number of carbonyl (C=O) groups is 1. The van der Waals surface area contributed by atoms with Crippen LogP contribution in [0.1, 0.15) is 28.9 Å². The first kappa shape index (κ1) is 11.7. The Balaban J connectivity index is 3.16. The van der Waals surface area contributed by atoms with Crippen LogP contribution in [0.4, 0.5) is 0 Å². The molecule has 1 unspecified atom stereocenters. The standard InChI is InChI=1S/C12H17NO2/c1-9(13(2)3)11-7-10(8-14)5-6-12(11)15-4/h5-9H,1-4H3. The molecular weight excluding hydrogens is 190 g/mol. The molecule has 1 atom stereocenters. The van der Waals surface area contributed by atoms with E-state index in [1.54, 1.807) is 13.2 Å². The van der Waals surface area contributed by atoms with Crippen LogP contribution in [0.2, 0.25) is 0 Å². The quantitative estimate of drug-likeness (QED) is 0.708. The smallest absolute Gasteiger partial charge is 0.150 e. The molecule has 0 aliphatic rings. The van der Waals surface area contributed by atoms with E-state index in [4.69, 9.17) is 4.74 Å². The number of nitrogens with zero attached hydrogens (tertiary/aromatic N) is 1. The molecule has 0 aromatic heterocycles. The highest BCUT2D eigenvalue weighted by Crippen LogP contribution is 2.28. The van der Waals surface area contributed by atoms with Crippen molar-refractivity contribution in [1.29, 1.82) is 0 Å².